The molecule has 1 aliphatic carbocycles. The van der Waals surface area contributed by atoms with Gasteiger partial charge in [-0.3, -0.25) is 0 Å². The Labute approximate surface area is 101 Å². The van der Waals surface area contributed by atoms with E-state index < -0.39 is 0 Å². The van der Waals surface area contributed by atoms with Crippen LogP contribution in [0, 0.1) is 5.92 Å². The van der Waals surface area contributed by atoms with Crippen molar-refractivity contribution in [3.8, 4) is 0 Å². The molecule has 0 radical (unpaired) electrons. The van der Waals surface area contributed by atoms with E-state index in [0.717, 1.165) is 25.2 Å². The van der Waals surface area contributed by atoms with Crippen molar-refractivity contribution < 1.29 is 9.47 Å². The molecule has 0 N–H and O–H groups in total. The fraction of sp³-hybridized carbons (Fsp3) is 1.00. The Balaban J connectivity index is 1.78. The van der Waals surface area contributed by atoms with Crippen LogP contribution in [0.15, 0.2) is 0 Å². The van der Waals surface area contributed by atoms with Gasteiger partial charge in [-0.1, -0.05) is 35.2 Å². The highest BCUT2D eigenvalue weighted by atomic mass is 79.9. The van der Waals surface area contributed by atoms with Crippen molar-refractivity contribution in [3.63, 3.8) is 0 Å². The Kier molecular flexibility index (Phi) is 4.47. The fourth-order valence-electron chi connectivity index (χ4n) is 2.52. The molecule has 3 heteroatoms. The van der Waals surface area contributed by atoms with Gasteiger partial charge in [0.25, 0.3) is 0 Å². The maximum Gasteiger partial charge on any atom is 0.0779 e. The summed E-state index contributed by atoms with van der Waals surface area (Å²) in [7, 11) is 0. The molecule has 1 heterocycles. The van der Waals surface area contributed by atoms with Gasteiger partial charge in [-0.2, -0.15) is 0 Å². The average molecular weight is 277 g/mol. The smallest absolute Gasteiger partial charge is 0.0779 e. The molecule has 15 heavy (non-hydrogen) atoms. The number of alkyl halides is 1. The lowest BCUT2D eigenvalue weighted by Crippen LogP contribution is -2.38. The van der Waals surface area contributed by atoms with Gasteiger partial charge >= 0.3 is 0 Å². The van der Waals surface area contributed by atoms with Crippen LogP contribution in [0.1, 0.15) is 38.5 Å². The van der Waals surface area contributed by atoms with Crippen LogP contribution in [0.5, 0.6) is 0 Å². The summed E-state index contributed by atoms with van der Waals surface area (Å²) in [5.41, 5.74) is 0.140. The van der Waals surface area contributed by atoms with Crippen LogP contribution in [0.25, 0.3) is 0 Å². The molecule has 2 nitrogen and oxygen atoms in total. The van der Waals surface area contributed by atoms with Crippen LogP contribution >= 0.6 is 15.9 Å². The third-order valence-corrected chi connectivity index (χ3v) is 4.68. The zero-order valence-corrected chi connectivity index (χ0v) is 10.9. The molecule has 1 atom stereocenters. The molecule has 0 aromatic carbocycles. The molecule has 0 aromatic heterocycles. The van der Waals surface area contributed by atoms with Gasteiger partial charge in [-0.25, -0.2) is 0 Å². The zero-order valence-electron chi connectivity index (χ0n) is 9.34. The first-order valence-electron chi connectivity index (χ1n) is 6.12. The van der Waals surface area contributed by atoms with E-state index in [2.05, 4.69) is 15.9 Å². The monoisotopic (exact) mass is 276 g/mol. The predicted octanol–water partition coefficient (Wildman–Crippen LogP) is 3.14. The van der Waals surface area contributed by atoms with E-state index in [1.165, 1.54) is 38.5 Å². The minimum absolute atomic E-state index is 0.140. The van der Waals surface area contributed by atoms with Gasteiger partial charge in [0.1, 0.15) is 0 Å². The van der Waals surface area contributed by atoms with Gasteiger partial charge in [0.2, 0.25) is 0 Å². The second kappa shape index (κ2) is 5.65. The summed E-state index contributed by atoms with van der Waals surface area (Å²) in [6.45, 7) is 2.72. The summed E-state index contributed by atoms with van der Waals surface area (Å²) in [5.74, 6) is 0.642. The maximum atomic E-state index is 6.18. The second-order valence-electron chi connectivity index (χ2n) is 4.92. The number of halogens is 1. The molecule has 0 aromatic rings. The van der Waals surface area contributed by atoms with Crippen LogP contribution in [-0.2, 0) is 9.47 Å². The minimum Gasteiger partial charge on any atom is -0.381 e. The molecular formula is C12H21BrO2. The third-order valence-electron chi connectivity index (χ3n) is 3.66. The van der Waals surface area contributed by atoms with E-state index >= 15 is 0 Å². The van der Waals surface area contributed by atoms with Crippen LogP contribution in [0.4, 0.5) is 0 Å². The average Bonchev–Trinajstić information content (AvgIpc) is 2.81. The lowest BCUT2D eigenvalue weighted by atomic mass is 9.86. The molecule has 2 rings (SSSR count). The molecule has 88 valence electrons. The van der Waals surface area contributed by atoms with E-state index in [1.807, 2.05) is 0 Å². The molecule has 1 aliphatic heterocycles. The van der Waals surface area contributed by atoms with Crippen molar-refractivity contribution in [2.45, 2.75) is 44.1 Å². The summed E-state index contributed by atoms with van der Waals surface area (Å²) >= 11 is 3.62. The Morgan fingerprint density at radius 2 is 2.07 bits per heavy atom. The first-order valence-corrected chi connectivity index (χ1v) is 7.24. The molecule has 1 saturated heterocycles. The lowest BCUT2D eigenvalue weighted by molar-refractivity contribution is -0.0662. The summed E-state index contributed by atoms with van der Waals surface area (Å²) in [6, 6.07) is 0. The standard InChI is InChI=1S/C12H21BrO2/c13-10-12(5-2-1-3-6-12)15-9-11-4-7-14-8-11/h11H,1-10H2. The van der Waals surface area contributed by atoms with E-state index in [-0.39, 0.29) is 5.60 Å². The Morgan fingerprint density at radius 1 is 1.27 bits per heavy atom. The topological polar surface area (TPSA) is 18.5 Å². The molecule has 1 saturated carbocycles. The molecule has 0 amide bonds. The van der Waals surface area contributed by atoms with Gasteiger partial charge in [0.05, 0.1) is 18.8 Å². The molecule has 2 fully saturated rings. The number of hydrogen-bond donors (Lipinski definition) is 0. The molecule has 2 aliphatic rings. The number of hydrogen-bond acceptors (Lipinski definition) is 2. The molecule has 0 spiro atoms. The summed E-state index contributed by atoms with van der Waals surface area (Å²) in [4.78, 5) is 0. The minimum atomic E-state index is 0.140. The lowest BCUT2D eigenvalue weighted by Gasteiger charge is -2.36. The Bertz CT molecular complexity index is 184. The maximum absolute atomic E-state index is 6.18. The Morgan fingerprint density at radius 3 is 2.67 bits per heavy atom. The van der Waals surface area contributed by atoms with E-state index in [4.69, 9.17) is 9.47 Å². The second-order valence-corrected chi connectivity index (χ2v) is 5.48. The van der Waals surface area contributed by atoms with Gasteiger partial charge in [-0.05, 0) is 19.3 Å². The summed E-state index contributed by atoms with van der Waals surface area (Å²) in [6.07, 6.45) is 7.67. The number of rotatable bonds is 4. The van der Waals surface area contributed by atoms with Gasteiger partial charge in [0.15, 0.2) is 0 Å². The fourth-order valence-corrected chi connectivity index (χ4v) is 3.24. The van der Waals surface area contributed by atoms with Crippen molar-refractivity contribution in [2.75, 3.05) is 25.2 Å². The van der Waals surface area contributed by atoms with E-state index in [1.54, 1.807) is 0 Å². The van der Waals surface area contributed by atoms with Crippen LogP contribution in [0.2, 0.25) is 0 Å². The van der Waals surface area contributed by atoms with E-state index in [0.29, 0.717) is 5.92 Å². The quantitative estimate of drug-likeness (QED) is 0.735. The summed E-state index contributed by atoms with van der Waals surface area (Å²) < 4.78 is 11.5. The van der Waals surface area contributed by atoms with Crippen molar-refractivity contribution >= 4 is 15.9 Å². The highest BCUT2D eigenvalue weighted by Crippen LogP contribution is 2.34. The largest absolute Gasteiger partial charge is 0.381 e. The van der Waals surface area contributed by atoms with Crippen LogP contribution < -0.4 is 0 Å². The van der Waals surface area contributed by atoms with E-state index in [9.17, 15) is 0 Å². The first-order chi connectivity index (χ1) is 7.35. The van der Waals surface area contributed by atoms with Gasteiger partial charge in [-0.15, -0.1) is 0 Å². The van der Waals surface area contributed by atoms with Crippen LogP contribution in [-0.4, -0.2) is 30.8 Å². The zero-order chi connectivity index (χ0) is 10.6. The SMILES string of the molecule is BrCC1(OCC2CCOC2)CCCCC1. The predicted molar refractivity (Wildman–Crippen MR) is 64.5 cm³/mol. The van der Waals surface area contributed by atoms with Gasteiger partial charge in [0, 0.05) is 17.9 Å². The Hall–Kier alpha value is 0.400. The van der Waals surface area contributed by atoms with Gasteiger partial charge < -0.3 is 9.47 Å². The third kappa shape index (κ3) is 3.18. The van der Waals surface area contributed by atoms with Crippen molar-refractivity contribution in [1.29, 1.82) is 0 Å². The number of ether oxygens (including phenoxy) is 2. The molecule has 1 unspecified atom stereocenters. The highest BCUT2D eigenvalue weighted by Gasteiger charge is 2.33. The normalized spacial score (nSPS) is 30.6. The highest BCUT2D eigenvalue weighted by molar-refractivity contribution is 9.09. The van der Waals surface area contributed by atoms with Crippen molar-refractivity contribution in [2.24, 2.45) is 5.92 Å². The molecule has 0 bridgehead atoms. The summed E-state index contributed by atoms with van der Waals surface area (Å²) in [5, 5.41) is 0.994. The first kappa shape index (κ1) is 11.9. The van der Waals surface area contributed by atoms with Crippen molar-refractivity contribution in [1.82, 2.24) is 0 Å². The van der Waals surface area contributed by atoms with Crippen LogP contribution in [0.3, 0.4) is 0 Å². The molecular weight excluding hydrogens is 256 g/mol. The van der Waals surface area contributed by atoms with Crippen molar-refractivity contribution in [3.05, 3.63) is 0 Å².